The molecule has 3 aromatic heterocycles. The van der Waals surface area contributed by atoms with Crippen LogP contribution in [0.5, 0.6) is 0 Å². The Morgan fingerprint density at radius 2 is 2.15 bits per heavy atom. The molecule has 1 aliphatic carbocycles. The predicted molar refractivity (Wildman–Crippen MR) is 93.6 cm³/mol. The van der Waals surface area contributed by atoms with Crippen LogP contribution in [0.2, 0.25) is 0 Å². The van der Waals surface area contributed by atoms with Crippen LogP contribution >= 0.6 is 0 Å². The van der Waals surface area contributed by atoms with Crippen LogP contribution < -0.4 is 10.9 Å². The van der Waals surface area contributed by atoms with Crippen molar-refractivity contribution in [1.29, 1.82) is 0 Å². The zero-order valence-corrected chi connectivity index (χ0v) is 14.2. The highest BCUT2D eigenvalue weighted by Crippen LogP contribution is 2.38. The van der Waals surface area contributed by atoms with Crippen molar-refractivity contribution in [1.82, 2.24) is 24.5 Å². The Morgan fingerprint density at radius 1 is 1.35 bits per heavy atom. The summed E-state index contributed by atoms with van der Waals surface area (Å²) in [5.41, 5.74) is 0.917. The summed E-state index contributed by atoms with van der Waals surface area (Å²) in [6.07, 6.45) is 7.29. The van der Waals surface area contributed by atoms with E-state index in [-0.39, 0.29) is 23.6 Å². The SMILES string of the molecule is Cn1cc([C@H](NC(=O)c2cnc3ccccn3c2=O)C2CC(O)C2)cn1. The van der Waals surface area contributed by atoms with Gasteiger partial charge >= 0.3 is 0 Å². The molecule has 0 unspecified atom stereocenters. The molecule has 1 saturated carbocycles. The molecule has 8 nitrogen and oxygen atoms in total. The number of amides is 1. The van der Waals surface area contributed by atoms with Crippen LogP contribution in [0.3, 0.4) is 0 Å². The molecular formula is C18H19N5O3. The van der Waals surface area contributed by atoms with Crippen molar-refractivity contribution in [3.05, 3.63) is 64.5 Å². The summed E-state index contributed by atoms with van der Waals surface area (Å²) >= 11 is 0. The molecule has 1 amide bonds. The monoisotopic (exact) mass is 353 g/mol. The van der Waals surface area contributed by atoms with Crippen molar-refractivity contribution >= 4 is 11.6 Å². The summed E-state index contributed by atoms with van der Waals surface area (Å²) in [4.78, 5) is 29.6. The Kier molecular flexibility index (Phi) is 4.04. The average molecular weight is 353 g/mol. The van der Waals surface area contributed by atoms with Crippen LogP contribution in [0.25, 0.3) is 5.65 Å². The summed E-state index contributed by atoms with van der Waals surface area (Å²) in [5, 5.41) is 16.7. The zero-order valence-electron chi connectivity index (χ0n) is 14.2. The number of rotatable bonds is 4. The van der Waals surface area contributed by atoms with Crippen LogP contribution in [0.4, 0.5) is 0 Å². The molecule has 0 bridgehead atoms. The van der Waals surface area contributed by atoms with E-state index in [9.17, 15) is 14.7 Å². The summed E-state index contributed by atoms with van der Waals surface area (Å²) < 4.78 is 3.01. The highest BCUT2D eigenvalue weighted by atomic mass is 16.3. The number of pyridine rings is 1. The number of carbonyl (C=O) groups excluding carboxylic acids is 1. The number of aromatic nitrogens is 4. The van der Waals surface area contributed by atoms with Gasteiger partial charge in [-0.25, -0.2) is 4.98 Å². The molecule has 134 valence electrons. The molecule has 0 aromatic carbocycles. The maximum absolute atomic E-state index is 12.8. The van der Waals surface area contributed by atoms with E-state index in [1.807, 2.05) is 6.20 Å². The first-order valence-electron chi connectivity index (χ1n) is 8.47. The topological polar surface area (TPSA) is 102 Å². The molecule has 1 fully saturated rings. The Hall–Kier alpha value is -3.00. The van der Waals surface area contributed by atoms with Crippen LogP contribution in [0.1, 0.15) is 34.8 Å². The third kappa shape index (κ3) is 2.88. The number of hydrogen-bond donors (Lipinski definition) is 2. The van der Waals surface area contributed by atoms with Gasteiger partial charge in [0.05, 0.1) is 18.3 Å². The van der Waals surface area contributed by atoms with Gasteiger partial charge in [-0.05, 0) is 30.9 Å². The second kappa shape index (κ2) is 6.38. The van der Waals surface area contributed by atoms with Gasteiger partial charge in [0.15, 0.2) is 0 Å². The van der Waals surface area contributed by atoms with Crippen LogP contribution in [0, 0.1) is 5.92 Å². The average Bonchev–Trinajstić information content (AvgIpc) is 3.04. The molecule has 4 rings (SSSR count). The highest BCUT2D eigenvalue weighted by Gasteiger charge is 2.36. The van der Waals surface area contributed by atoms with E-state index in [0.717, 1.165) is 5.56 Å². The molecule has 0 saturated heterocycles. The van der Waals surface area contributed by atoms with E-state index in [1.165, 1.54) is 10.6 Å². The fraction of sp³-hybridized carbons (Fsp3) is 0.333. The van der Waals surface area contributed by atoms with Gasteiger partial charge in [0, 0.05) is 31.2 Å². The third-order valence-electron chi connectivity index (χ3n) is 4.85. The van der Waals surface area contributed by atoms with E-state index in [4.69, 9.17) is 0 Å². The van der Waals surface area contributed by atoms with Gasteiger partial charge < -0.3 is 10.4 Å². The summed E-state index contributed by atoms with van der Waals surface area (Å²) in [7, 11) is 1.80. The summed E-state index contributed by atoms with van der Waals surface area (Å²) in [6.45, 7) is 0. The molecule has 1 aliphatic rings. The van der Waals surface area contributed by atoms with E-state index in [2.05, 4.69) is 15.4 Å². The summed E-state index contributed by atoms with van der Waals surface area (Å²) in [5.74, 6) is -0.370. The number of aryl methyl sites for hydroxylation is 1. The molecule has 0 radical (unpaired) electrons. The third-order valence-corrected chi connectivity index (χ3v) is 4.85. The van der Waals surface area contributed by atoms with Gasteiger partial charge in [-0.2, -0.15) is 5.10 Å². The quantitative estimate of drug-likeness (QED) is 0.718. The van der Waals surface area contributed by atoms with E-state index in [1.54, 1.807) is 42.3 Å². The summed E-state index contributed by atoms with van der Waals surface area (Å²) in [6, 6.07) is 4.89. The number of hydrogen-bond acceptors (Lipinski definition) is 5. The first-order valence-corrected chi connectivity index (χ1v) is 8.47. The molecule has 0 aliphatic heterocycles. The fourth-order valence-corrected chi connectivity index (χ4v) is 3.38. The molecule has 2 N–H and O–H groups in total. The zero-order chi connectivity index (χ0) is 18.3. The van der Waals surface area contributed by atoms with Gasteiger partial charge in [-0.15, -0.1) is 0 Å². The van der Waals surface area contributed by atoms with Gasteiger partial charge in [0.2, 0.25) is 0 Å². The van der Waals surface area contributed by atoms with Crippen LogP contribution in [-0.4, -0.2) is 36.3 Å². The fourth-order valence-electron chi connectivity index (χ4n) is 3.38. The first-order chi connectivity index (χ1) is 12.5. The Labute approximate surface area is 149 Å². The van der Waals surface area contributed by atoms with E-state index in [0.29, 0.717) is 18.5 Å². The maximum Gasteiger partial charge on any atom is 0.270 e. The predicted octanol–water partition coefficient (Wildman–Crippen LogP) is 0.670. The molecule has 26 heavy (non-hydrogen) atoms. The van der Waals surface area contributed by atoms with E-state index < -0.39 is 11.5 Å². The standard InChI is InChI=1S/C18H19N5O3/c1-22-10-12(8-20-22)16(11-6-13(24)7-11)21-17(25)14-9-19-15-4-2-3-5-23(15)18(14)26/h2-5,8-11,13,16,24H,6-7H2,1H3,(H,21,25)/t11?,13?,16-/m1/s1. The van der Waals surface area contributed by atoms with Crippen molar-refractivity contribution < 1.29 is 9.90 Å². The lowest BCUT2D eigenvalue weighted by atomic mass is 9.75. The Bertz CT molecular complexity index is 1020. The number of nitrogens with one attached hydrogen (secondary N) is 1. The minimum atomic E-state index is -0.476. The lowest BCUT2D eigenvalue weighted by Gasteiger charge is -2.37. The molecule has 3 heterocycles. The Balaban J connectivity index is 1.64. The van der Waals surface area contributed by atoms with Gasteiger partial charge in [-0.3, -0.25) is 18.7 Å². The number of carbonyl (C=O) groups is 1. The van der Waals surface area contributed by atoms with Crippen LogP contribution in [-0.2, 0) is 7.05 Å². The Morgan fingerprint density at radius 3 is 2.85 bits per heavy atom. The second-order valence-corrected chi connectivity index (χ2v) is 6.69. The number of fused-ring (bicyclic) bond motifs is 1. The molecule has 1 atom stereocenters. The van der Waals surface area contributed by atoms with E-state index >= 15 is 0 Å². The molecular weight excluding hydrogens is 334 g/mol. The highest BCUT2D eigenvalue weighted by molar-refractivity contribution is 5.94. The first kappa shape index (κ1) is 16.5. The van der Waals surface area contributed by atoms with Gasteiger partial charge in [-0.1, -0.05) is 6.07 Å². The normalized spacial score (nSPS) is 20.5. The molecule has 8 heteroatoms. The lowest BCUT2D eigenvalue weighted by molar-refractivity contribution is 0.0235. The minimum Gasteiger partial charge on any atom is -0.393 e. The van der Waals surface area contributed by atoms with Crippen molar-refractivity contribution in [2.75, 3.05) is 0 Å². The van der Waals surface area contributed by atoms with Crippen molar-refractivity contribution in [2.24, 2.45) is 13.0 Å². The van der Waals surface area contributed by atoms with Gasteiger partial charge in [0.25, 0.3) is 11.5 Å². The molecule has 0 spiro atoms. The van der Waals surface area contributed by atoms with Crippen molar-refractivity contribution in [3.8, 4) is 0 Å². The number of aliphatic hydroxyl groups excluding tert-OH is 1. The maximum atomic E-state index is 12.8. The van der Waals surface area contributed by atoms with Crippen LogP contribution in [0.15, 0.2) is 47.8 Å². The minimum absolute atomic E-state index is 0.0116. The van der Waals surface area contributed by atoms with Crippen molar-refractivity contribution in [3.63, 3.8) is 0 Å². The largest absolute Gasteiger partial charge is 0.393 e. The molecule has 3 aromatic rings. The number of aliphatic hydroxyl groups is 1. The van der Waals surface area contributed by atoms with Crippen molar-refractivity contribution in [2.45, 2.75) is 25.0 Å². The smallest absolute Gasteiger partial charge is 0.270 e. The lowest BCUT2D eigenvalue weighted by Crippen LogP contribution is -2.42. The van der Waals surface area contributed by atoms with Gasteiger partial charge in [0.1, 0.15) is 11.2 Å². The number of nitrogens with zero attached hydrogens (tertiary/aromatic N) is 4. The second-order valence-electron chi connectivity index (χ2n) is 6.69.